The molecular formula is C14H16N6. The van der Waals surface area contributed by atoms with E-state index in [0.717, 1.165) is 28.1 Å². The van der Waals surface area contributed by atoms with E-state index in [1.54, 1.807) is 6.20 Å². The first kappa shape index (κ1) is 12.6. The number of nitrogens with one attached hydrogen (secondary N) is 1. The van der Waals surface area contributed by atoms with Gasteiger partial charge in [0.25, 0.3) is 0 Å². The van der Waals surface area contributed by atoms with Crippen LogP contribution < -0.4 is 11.1 Å². The van der Waals surface area contributed by atoms with Gasteiger partial charge in [0, 0.05) is 13.1 Å². The van der Waals surface area contributed by atoms with E-state index in [4.69, 9.17) is 5.73 Å². The smallest absolute Gasteiger partial charge is 0.168 e. The summed E-state index contributed by atoms with van der Waals surface area (Å²) in [6, 6.07) is 8.08. The summed E-state index contributed by atoms with van der Waals surface area (Å²) < 4.78 is 1.83. The van der Waals surface area contributed by atoms with E-state index in [1.807, 2.05) is 22.9 Å². The molecule has 0 aliphatic rings. The molecule has 0 saturated carbocycles. The maximum absolute atomic E-state index is 5.51. The van der Waals surface area contributed by atoms with Crippen LogP contribution in [0.2, 0.25) is 0 Å². The van der Waals surface area contributed by atoms with Crippen molar-refractivity contribution in [2.24, 2.45) is 5.73 Å². The molecule has 0 bridgehead atoms. The van der Waals surface area contributed by atoms with E-state index in [-0.39, 0.29) is 0 Å². The molecule has 0 saturated heterocycles. The fraction of sp³-hybridized carbons (Fsp3) is 0.214. The monoisotopic (exact) mass is 268 g/mol. The Balaban J connectivity index is 2.13. The third-order valence-corrected chi connectivity index (χ3v) is 3.15. The number of para-hydroxylation sites is 1. The third-order valence-electron chi connectivity index (χ3n) is 3.15. The average Bonchev–Trinajstić information content (AvgIpc) is 2.90. The van der Waals surface area contributed by atoms with Crippen molar-refractivity contribution in [3.63, 3.8) is 0 Å². The van der Waals surface area contributed by atoms with Crippen molar-refractivity contribution in [2.75, 3.05) is 18.4 Å². The van der Waals surface area contributed by atoms with Gasteiger partial charge in [0.1, 0.15) is 12.1 Å². The zero-order valence-electron chi connectivity index (χ0n) is 11.2. The molecule has 0 fully saturated rings. The molecule has 3 aromatic rings. The predicted octanol–water partition coefficient (Wildman–Crippen LogP) is 1.49. The van der Waals surface area contributed by atoms with Gasteiger partial charge >= 0.3 is 0 Å². The Bertz CT molecular complexity index is 733. The number of rotatable bonds is 4. The van der Waals surface area contributed by atoms with Gasteiger partial charge in [-0.2, -0.15) is 5.10 Å². The van der Waals surface area contributed by atoms with Crippen LogP contribution in [0.15, 0.2) is 36.8 Å². The van der Waals surface area contributed by atoms with Gasteiger partial charge in [-0.3, -0.25) is 0 Å². The molecule has 0 radical (unpaired) electrons. The summed E-state index contributed by atoms with van der Waals surface area (Å²) in [5.74, 6) is 0.764. The van der Waals surface area contributed by atoms with Gasteiger partial charge in [-0.25, -0.2) is 14.6 Å². The molecule has 3 rings (SSSR count). The lowest BCUT2D eigenvalue weighted by Gasteiger charge is -2.07. The molecule has 3 N–H and O–H groups in total. The molecule has 6 nitrogen and oxygen atoms in total. The zero-order valence-corrected chi connectivity index (χ0v) is 11.2. The maximum atomic E-state index is 5.51. The molecule has 2 aromatic heterocycles. The van der Waals surface area contributed by atoms with Crippen LogP contribution >= 0.6 is 0 Å². The molecule has 0 unspecified atom stereocenters. The molecule has 1 aromatic carbocycles. The van der Waals surface area contributed by atoms with E-state index < -0.39 is 0 Å². The van der Waals surface area contributed by atoms with Crippen LogP contribution in [0.5, 0.6) is 0 Å². The zero-order chi connectivity index (χ0) is 13.9. The van der Waals surface area contributed by atoms with E-state index in [2.05, 4.69) is 33.4 Å². The van der Waals surface area contributed by atoms with Crippen molar-refractivity contribution in [1.82, 2.24) is 19.7 Å². The van der Waals surface area contributed by atoms with Crippen LogP contribution in [0.3, 0.4) is 0 Å². The van der Waals surface area contributed by atoms with Crippen molar-refractivity contribution in [3.05, 3.63) is 42.4 Å². The minimum absolute atomic E-state index is 0.553. The Hall–Kier alpha value is -2.47. The second-order valence-corrected chi connectivity index (χ2v) is 4.52. The van der Waals surface area contributed by atoms with E-state index in [0.29, 0.717) is 13.1 Å². The van der Waals surface area contributed by atoms with Crippen LogP contribution in [0.1, 0.15) is 5.56 Å². The number of fused-ring (bicyclic) bond motifs is 1. The first-order valence-electron chi connectivity index (χ1n) is 6.50. The van der Waals surface area contributed by atoms with Crippen molar-refractivity contribution >= 4 is 16.9 Å². The topological polar surface area (TPSA) is 81.7 Å². The molecule has 102 valence electrons. The molecule has 0 spiro atoms. The standard InChI is InChI=1S/C14H16N6/c1-10-4-2-3-5-12(10)20-14-11(8-19-20)13(16-7-6-15)17-9-18-14/h2-5,8-9H,6-7,15H2,1H3,(H,16,17,18). The van der Waals surface area contributed by atoms with Gasteiger partial charge in [-0.05, 0) is 18.6 Å². The summed E-state index contributed by atoms with van der Waals surface area (Å²) in [5.41, 5.74) is 8.46. The molecule has 0 amide bonds. The van der Waals surface area contributed by atoms with Crippen LogP contribution in [0.25, 0.3) is 16.7 Å². The highest BCUT2D eigenvalue weighted by molar-refractivity contribution is 5.87. The van der Waals surface area contributed by atoms with Gasteiger partial charge < -0.3 is 11.1 Å². The lowest BCUT2D eigenvalue weighted by atomic mass is 10.2. The van der Waals surface area contributed by atoms with Gasteiger partial charge in [0.2, 0.25) is 0 Å². The highest BCUT2D eigenvalue weighted by Crippen LogP contribution is 2.22. The van der Waals surface area contributed by atoms with Crippen molar-refractivity contribution < 1.29 is 0 Å². The first-order chi connectivity index (χ1) is 9.81. The van der Waals surface area contributed by atoms with E-state index in [1.165, 1.54) is 6.33 Å². The predicted molar refractivity (Wildman–Crippen MR) is 78.9 cm³/mol. The average molecular weight is 268 g/mol. The van der Waals surface area contributed by atoms with Gasteiger partial charge in [0.15, 0.2) is 5.65 Å². The van der Waals surface area contributed by atoms with Crippen LogP contribution in [-0.4, -0.2) is 32.8 Å². The van der Waals surface area contributed by atoms with E-state index >= 15 is 0 Å². The maximum Gasteiger partial charge on any atom is 0.168 e. The van der Waals surface area contributed by atoms with Crippen molar-refractivity contribution in [1.29, 1.82) is 0 Å². The number of hydrogen-bond acceptors (Lipinski definition) is 5. The Morgan fingerprint density at radius 2 is 2.10 bits per heavy atom. The van der Waals surface area contributed by atoms with Crippen LogP contribution in [0.4, 0.5) is 5.82 Å². The van der Waals surface area contributed by atoms with Gasteiger partial charge in [-0.1, -0.05) is 18.2 Å². The largest absolute Gasteiger partial charge is 0.368 e. The minimum Gasteiger partial charge on any atom is -0.368 e. The summed E-state index contributed by atoms with van der Waals surface area (Å²) in [4.78, 5) is 8.59. The number of nitrogens with two attached hydrogens (primary N) is 1. The second kappa shape index (κ2) is 5.26. The third kappa shape index (κ3) is 2.10. The SMILES string of the molecule is Cc1ccccc1-n1ncc2c(NCCN)ncnc21. The molecular weight excluding hydrogens is 252 g/mol. The summed E-state index contributed by atoms with van der Waals surface area (Å²) in [5, 5.41) is 8.52. The molecule has 0 aliphatic carbocycles. The number of nitrogens with zero attached hydrogens (tertiary/aromatic N) is 4. The fourth-order valence-corrected chi connectivity index (χ4v) is 2.15. The van der Waals surface area contributed by atoms with Crippen LogP contribution in [0, 0.1) is 6.92 Å². The highest BCUT2D eigenvalue weighted by Gasteiger charge is 2.11. The lowest BCUT2D eigenvalue weighted by molar-refractivity contribution is 0.887. The van der Waals surface area contributed by atoms with Crippen molar-refractivity contribution in [3.8, 4) is 5.69 Å². The molecule has 0 atom stereocenters. The first-order valence-corrected chi connectivity index (χ1v) is 6.50. The summed E-state index contributed by atoms with van der Waals surface area (Å²) in [6.45, 7) is 3.27. The molecule has 2 heterocycles. The van der Waals surface area contributed by atoms with Crippen molar-refractivity contribution in [2.45, 2.75) is 6.92 Å². The molecule has 0 aliphatic heterocycles. The molecule has 6 heteroatoms. The Morgan fingerprint density at radius 1 is 1.25 bits per heavy atom. The minimum atomic E-state index is 0.553. The number of aromatic nitrogens is 4. The van der Waals surface area contributed by atoms with Crippen LogP contribution in [-0.2, 0) is 0 Å². The Kier molecular flexibility index (Phi) is 3.30. The number of aryl methyl sites for hydroxylation is 1. The summed E-state index contributed by atoms with van der Waals surface area (Å²) in [6.07, 6.45) is 3.32. The summed E-state index contributed by atoms with van der Waals surface area (Å²) in [7, 11) is 0. The number of hydrogen-bond donors (Lipinski definition) is 2. The quantitative estimate of drug-likeness (QED) is 0.749. The number of benzene rings is 1. The Morgan fingerprint density at radius 3 is 2.90 bits per heavy atom. The fourth-order valence-electron chi connectivity index (χ4n) is 2.15. The lowest BCUT2D eigenvalue weighted by Crippen LogP contribution is -2.14. The van der Waals surface area contributed by atoms with Gasteiger partial charge in [0.05, 0.1) is 17.3 Å². The highest BCUT2D eigenvalue weighted by atomic mass is 15.3. The second-order valence-electron chi connectivity index (χ2n) is 4.52. The summed E-state index contributed by atoms with van der Waals surface area (Å²) >= 11 is 0. The Labute approximate surface area is 116 Å². The van der Waals surface area contributed by atoms with Gasteiger partial charge in [-0.15, -0.1) is 0 Å². The number of anilines is 1. The molecule has 20 heavy (non-hydrogen) atoms. The van der Waals surface area contributed by atoms with E-state index in [9.17, 15) is 0 Å². The normalized spacial score (nSPS) is 10.9.